The molecule has 0 aliphatic rings. The van der Waals surface area contributed by atoms with Crippen molar-refractivity contribution in [3.05, 3.63) is 70.7 Å². The van der Waals surface area contributed by atoms with Crippen LogP contribution >= 0.6 is 11.6 Å². The van der Waals surface area contributed by atoms with Gasteiger partial charge in [0.1, 0.15) is 0 Å². The molecule has 5 nitrogen and oxygen atoms in total. The summed E-state index contributed by atoms with van der Waals surface area (Å²) in [5.41, 5.74) is 1.78. The van der Waals surface area contributed by atoms with Crippen molar-refractivity contribution in [2.45, 2.75) is 19.4 Å². The topological polar surface area (TPSA) is 70.4 Å². The van der Waals surface area contributed by atoms with Crippen LogP contribution in [0.3, 0.4) is 0 Å². The van der Waals surface area contributed by atoms with Crippen molar-refractivity contribution in [2.24, 2.45) is 0 Å². The fourth-order valence-electron chi connectivity index (χ4n) is 2.52. The minimum atomic E-state index is -0.970. The summed E-state index contributed by atoms with van der Waals surface area (Å²) >= 11 is 5.95. The van der Waals surface area contributed by atoms with Crippen LogP contribution in [0, 0.1) is 11.3 Å². The van der Waals surface area contributed by atoms with Gasteiger partial charge in [-0.3, -0.25) is 4.79 Å². The molecule has 0 saturated heterocycles. The molecule has 0 aliphatic carbocycles. The standard InChI is InChI=1S/C22H21ClN2O3/c1-16(21(26)25(2)14-6-13-24)28-22(27)20(15-17-7-4-3-5-8-17)18-9-11-19(23)12-10-18/h3-5,7-12,15-16H,6,14H2,1-2H3/b20-15+/t16-/m0/s1. The summed E-state index contributed by atoms with van der Waals surface area (Å²) in [7, 11) is 1.57. The second-order valence-electron chi connectivity index (χ2n) is 6.19. The van der Waals surface area contributed by atoms with Crippen molar-refractivity contribution in [1.29, 1.82) is 5.26 Å². The SMILES string of the molecule is C[C@H](OC(=O)/C(=C/c1ccccc1)c1ccc(Cl)cc1)C(=O)N(C)CCC#N. The number of benzene rings is 2. The minimum absolute atomic E-state index is 0.215. The molecule has 0 unspecified atom stereocenters. The average molecular weight is 397 g/mol. The zero-order valence-corrected chi connectivity index (χ0v) is 16.5. The molecule has 0 aromatic heterocycles. The van der Waals surface area contributed by atoms with E-state index in [1.54, 1.807) is 37.4 Å². The highest BCUT2D eigenvalue weighted by atomic mass is 35.5. The Hall–Kier alpha value is -3.10. The molecule has 1 amide bonds. The second kappa shape index (κ2) is 10.3. The molecule has 0 aliphatic heterocycles. The number of rotatable bonds is 7. The van der Waals surface area contributed by atoms with Crippen molar-refractivity contribution in [1.82, 2.24) is 4.90 Å². The predicted molar refractivity (Wildman–Crippen MR) is 109 cm³/mol. The van der Waals surface area contributed by atoms with Crippen molar-refractivity contribution < 1.29 is 14.3 Å². The molecule has 0 bridgehead atoms. The van der Waals surface area contributed by atoms with Gasteiger partial charge in [0, 0.05) is 18.6 Å². The van der Waals surface area contributed by atoms with E-state index in [1.165, 1.54) is 11.8 Å². The molecule has 144 valence electrons. The van der Waals surface area contributed by atoms with Crippen LogP contribution in [0.4, 0.5) is 0 Å². The van der Waals surface area contributed by atoms with Gasteiger partial charge in [-0.25, -0.2) is 4.79 Å². The first-order valence-electron chi connectivity index (χ1n) is 8.78. The maximum atomic E-state index is 12.8. The minimum Gasteiger partial charge on any atom is -0.449 e. The van der Waals surface area contributed by atoms with Gasteiger partial charge in [0.2, 0.25) is 0 Å². The van der Waals surface area contributed by atoms with Crippen LogP contribution in [0.25, 0.3) is 11.6 Å². The summed E-state index contributed by atoms with van der Waals surface area (Å²) in [5.74, 6) is -0.973. The molecule has 0 radical (unpaired) electrons. The molecule has 28 heavy (non-hydrogen) atoms. The Morgan fingerprint density at radius 2 is 1.82 bits per heavy atom. The Bertz CT molecular complexity index is 886. The van der Waals surface area contributed by atoms with Crippen LogP contribution in [-0.2, 0) is 14.3 Å². The molecule has 1 atom stereocenters. The van der Waals surface area contributed by atoms with Crippen LogP contribution in [0.2, 0.25) is 5.02 Å². The zero-order valence-electron chi connectivity index (χ0n) is 15.8. The highest BCUT2D eigenvalue weighted by Crippen LogP contribution is 2.22. The van der Waals surface area contributed by atoms with E-state index in [1.807, 2.05) is 36.4 Å². The number of ether oxygens (including phenoxy) is 1. The van der Waals surface area contributed by atoms with E-state index in [0.717, 1.165) is 5.56 Å². The number of carbonyl (C=O) groups is 2. The van der Waals surface area contributed by atoms with Gasteiger partial charge >= 0.3 is 5.97 Å². The summed E-state index contributed by atoms with van der Waals surface area (Å²) in [4.78, 5) is 26.6. The van der Waals surface area contributed by atoms with E-state index in [0.29, 0.717) is 16.2 Å². The monoisotopic (exact) mass is 396 g/mol. The fourth-order valence-corrected chi connectivity index (χ4v) is 2.64. The second-order valence-corrected chi connectivity index (χ2v) is 6.63. The van der Waals surface area contributed by atoms with E-state index in [4.69, 9.17) is 21.6 Å². The van der Waals surface area contributed by atoms with Crippen molar-refractivity contribution in [3.63, 3.8) is 0 Å². The first kappa shape index (κ1) is 21.2. The van der Waals surface area contributed by atoms with Gasteiger partial charge in [0.15, 0.2) is 6.10 Å². The van der Waals surface area contributed by atoms with Crippen LogP contribution in [0.15, 0.2) is 54.6 Å². The number of hydrogen-bond acceptors (Lipinski definition) is 4. The Kier molecular flexibility index (Phi) is 7.79. The lowest BCUT2D eigenvalue weighted by Gasteiger charge is -2.21. The molecule has 2 aromatic carbocycles. The number of halogens is 1. The average Bonchev–Trinajstić information content (AvgIpc) is 2.71. The van der Waals surface area contributed by atoms with Gasteiger partial charge in [-0.15, -0.1) is 0 Å². The smallest absolute Gasteiger partial charge is 0.339 e. The number of nitriles is 1. The van der Waals surface area contributed by atoms with E-state index in [-0.39, 0.29) is 18.9 Å². The largest absolute Gasteiger partial charge is 0.449 e. The van der Waals surface area contributed by atoms with E-state index in [2.05, 4.69) is 0 Å². The molecule has 0 heterocycles. The molecular weight excluding hydrogens is 376 g/mol. The van der Waals surface area contributed by atoms with Crippen LogP contribution in [0.5, 0.6) is 0 Å². The number of likely N-dealkylation sites (N-methyl/N-ethyl adjacent to an activating group) is 1. The van der Waals surface area contributed by atoms with E-state index >= 15 is 0 Å². The molecule has 2 rings (SSSR count). The normalized spacial score (nSPS) is 12.0. The molecule has 0 fully saturated rings. The third-order valence-corrected chi connectivity index (χ3v) is 4.30. The Balaban J connectivity index is 2.24. The summed E-state index contributed by atoms with van der Waals surface area (Å²) in [6.07, 6.45) is 0.956. The maximum Gasteiger partial charge on any atom is 0.339 e. The fraction of sp³-hybridized carbons (Fsp3) is 0.227. The summed E-state index contributed by atoms with van der Waals surface area (Å²) in [6.45, 7) is 1.80. The third-order valence-electron chi connectivity index (χ3n) is 4.05. The van der Waals surface area contributed by atoms with Crippen molar-refractivity contribution in [2.75, 3.05) is 13.6 Å². The van der Waals surface area contributed by atoms with Gasteiger partial charge in [-0.05, 0) is 36.3 Å². The highest BCUT2D eigenvalue weighted by molar-refractivity contribution is 6.30. The number of hydrogen-bond donors (Lipinski definition) is 0. The Morgan fingerprint density at radius 3 is 2.43 bits per heavy atom. The van der Waals surface area contributed by atoms with Crippen molar-refractivity contribution >= 4 is 35.1 Å². The van der Waals surface area contributed by atoms with Gasteiger partial charge in [0.05, 0.1) is 18.1 Å². The van der Waals surface area contributed by atoms with Gasteiger partial charge in [0.25, 0.3) is 5.91 Å². The van der Waals surface area contributed by atoms with Gasteiger partial charge < -0.3 is 9.64 Å². The Labute approximate surface area is 169 Å². The molecule has 0 N–H and O–H groups in total. The lowest BCUT2D eigenvalue weighted by Crippen LogP contribution is -2.38. The first-order valence-corrected chi connectivity index (χ1v) is 9.15. The van der Waals surface area contributed by atoms with Crippen LogP contribution in [-0.4, -0.2) is 36.5 Å². The molecule has 0 saturated carbocycles. The molecule has 6 heteroatoms. The van der Waals surface area contributed by atoms with Crippen LogP contribution in [0.1, 0.15) is 24.5 Å². The van der Waals surface area contributed by atoms with E-state index < -0.39 is 12.1 Å². The van der Waals surface area contributed by atoms with Crippen LogP contribution < -0.4 is 0 Å². The predicted octanol–water partition coefficient (Wildman–Crippen LogP) is 4.18. The quantitative estimate of drug-likeness (QED) is 0.400. The Morgan fingerprint density at radius 1 is 1.18 bits per heavy atom. The molecular formula is C22H21ClN2O3. The van der Waals surface area contributed by atoms with Gasteiger partial charge in [-0.2, -0.15) is 5.26 Å². The van der Waals surface area contributed by atoms with E-state index in [9.17, 15) is 9.59 Å². The first-order chi connectivity index (χ1) is 13.4. The number of amides is 1. The molecule has 0 spiro atoms. The zero-order chi connectivity index (χ0) is 20.5. The molecule has 2 aromatic rings. The maximum absolute atomic E-state index is 12.8. The summed E-state index contributed by atoms with van der Waals surface area (Å²) in [5, 5.41) is 9.20. The third kappa shape index (κ3) is 5.97. The number of nitrogens with zero attached hydrogens (tertiary/aromatic N) is 2. The number of esters is 1. The highest BCUT2D eigenvalue weighted by Gasteiger charge is 2.24. The van der Waals surface area contributed by atoms with Gasteiger partial charge in [-0.1, -0.05) is 54.1 Å². The lowest BCUT2D eigenvalue weighted by atomic mass is 10.0. The van der Waals surface area contributed by atoms with Crippen molar-refractivity contribution in [3.8, 4) is 6.07 Å². The lowest BCUT2D eigenvalue weighted by molar-refractivity contribution is -0.153. The summed E-state index contributed by atoms with van der Waals surface area (Å²) in [6, 6.07) is 18.2. The summed E-state index contributed by atoms with van der Waals surface area (Å²) < 4.78 is 5.42. The number of carbonyl (C=O) groups excluding carboxylic acids is 2.